The Labute approximate surface area is 161 Å². The number of aliphatic imine (C=N–C) groups is 1. The molecule has 0 aromatic heterocycles. The lowest BCUT2D eigenvalue weighted by atomic mass is 9.81. The lowest BCUT2D eigenvalue weighted by Gasteiger charge is -2.37. The van der Waals surface area contributed by atoms with Gasteiger partial charge in [0.2, 0.25) is 0 Å². The summed E-state index contributed by atoms with van der Waals surface area (Å²) in [4.78, 5) is 6.75. The van der Waals surface area contributed by atoms with Crippen molar-refractivity contribution < 1.29 is 0 Å². The highest BCUT2D eigenvalue weighted by molar-refractivity contribution is 5.54. The first-order valence-electron chi connectivity index (χ1n) is 10.1. The fraction of sp³-hybridized carbons (Fsp3) is 0.542. The molecule has 0 heterocycles. The van der Waals surface area contributed by atoms with E-state index in [-0.39, 0.29) is 0 Å². The molecule has 0 amide bonds. The van der Waals surface area contributed by atoms with Crippen molar-refractivity contribution in [3.05, 3.63) is 58.9 Å². The van der Waals surface area contributed by atoms with Crippen LogP contribution in [0.25, 0.3) is 0 Å². The zero-order chi connectivity index (χ0) is 19.4. The van der Waals surface area contributed by atoms with Crippen LogP contribution >= 0.6 is 0 Å². The van der Waals surface area contributed by atoms with E-state index in [4.69, 9.17) is 0 Å². The summed E-state index contributed by atoms with van der Waals surface area (Å²) in [5.41, 5.74) is 5.98. The van der Waals surface area contributed by atoms with Crippen LogP contribution in [0.15, 0.2) is 63.9 Å². The first-order valence-corrected chi connectivity index (χ1v) is 10.1. The minimum atomic E-state index is 0.503. The Kier molecular flexibility index (Phi) is 10.9. The second kappa shape index (κ2) is 12.6. The molecule has 26 heavy (non-hydrogen) atoms. The maximum atomic E-state index is 4.22. The summed E-state index contributed by atoms with van der Waals surface area (Å²) in [6, 6.07) is 0.503. The van der Waals surface area contributed by atoms with Crippen molar-refractivity contribution in [2.75, 3.05) is 13.6 Å². The fourth-order valence-corrected chi connectivity index (χ4v) is 3.62. The first-order chi connectivity index (χ1) is 12.6. The number of hydrogen-bond donors (Lipinski definition) is 0. The van der Waals surface area contributed by atoms with Crippen LogP contribution in [0.1, 0.15) is 66.7 Å². The van der Waals surface area contributed by atoms with Gasteiger partial charge in [0.05, 0.1) is 0 Å². The molecule has 0 aromatic carbocycles. The molecule has 1 aliphatic rings. The summed E-state index contributed by atoms with van der Waals surface area (Å²) in [5.74, 6) is 0. The van der Waals surface area contributed by atoms with Crippen LogP contribution < -0.4 is 0 Å². The highest BCUT2D eigenvalue weighted by Gasteiger charge is 2.27. The van der Waals surface area contributed by atoms with Gasteiger partial charge >= 0.3 is 0 Å². The summed E-state index contributed by atoms with van der Waals surface area (Å²) in [6.07, 6.45) is 20.7. The molecule has 1 saturated carbocycles. The minimum Gasteiger partial charge on any atom is -0.295 e. The molecule has 1 unspecified atom stereocenters. The number of nitrogens with zero attached hydrogens (tertiary/aromatic N) is 2. The van der Waals surface area contributed by atoms with Crippen molar-refractivity contribution >= 4 is 6.21 Å². The van der Waals surface area contributed by atoms with Crippen molar-refractivity contribution in [2.24, 2.45) is 4.99 Å². The van der Waals surface area contributed by atoms with Crippen LogP contribution in [0.3, 0.4) is 0 Å². The Morgan fingerprint density at radius 1 is 1.27 bits per heavy atom. The molecule has 0 radical (unpaired) electrons. The molecule has 0 bridgehead atoms. The Morgan fingerprint density at radius 2 is 2.04 bits per heavy atom. The van der Waals surface area contributed by atoms with Crippen molar-refractivity contribution in [2.45, 2.75) is 72.8 Å². The van der Waals surface area contributed by atoms with Crippen LogP contribution in [0.2, 0.25) is 0 Å². The van der Waals surface area contributed by atoms with E-state index in [2.05, 4.69) is 75.0 Å². The Hall–Kier alpha value is -1.67. The van der Waals surface area contributed by atoms with Gasteiger partial charge in [0, 0.05) is 25.0 Å². The summed E-state index contributed by atoms with van der Waals surface area (Å²) in [7, 11) is 2.27. The van der Waals surface area contributed by atoms with Crippen LogP contribution in [0, 0.1) is 0 Å². The molecule has 0 N–H and O–H groups in total. The van der Waals surface area contributed by atoms with Crippen molar-refractivity contribution in [1.82, 2.24) is 4.90 Å². The zero-order valence-electron chi connectivity index (χ0n) is 17.8. The van der Waals surface area contributed by atoms with Crippen LogP contribution in [-0.2, 0) is 0 Å². The molecule has 144 valence electrons. The van der Waals surface area contributed by atoms with Gasteiger partial charge in [-0.1, -0.05) is 43.7 Å². The summed E-state index contributed by atoms with van der Waals surface area (Å²) < 4.78 is 0. The predicted octanol–water partition coefficient (Wildman–Crippen LogP) is 6.64. The van der Waals surface area contributed by atoms with Crippen LogP contribution in [-0.4, -0.2) is 30.7 Å². The molecule has 1 fully saturated rings. The number of allylic oxidation sites excluding steroid dienone is 5. The second-order valence-corrected chi connectivity index (χ2v) is 7.00. The van der Waals surface area contributed by atoms with Gasteiger partial charge in [-0.05, 0) is 82.7 Å². The van der Waals surface area contributed by atoms with E-state index in [1.54, 1.807) is 5.57 Å². The molecule has 1 rings (SSSR count). The summed E-state index contributed by atoms with van der Waals surface area (Å²) >= 11 is 0. The molecule has 1 atom stereocenters. The SMILES string of the molecule is CC=N/C=C\C(=C\CC)CN(C)C1CCCC(=C/C=C\C)/C1=C(\C)CC. The van der Waals surface area contributed by atoms with Gasteiger partial charge < -0.3 is 0 Å². The average molecular weight is 355 g/mol. The Balaban J connectivity index is 3.10. The maximum Gasteiger partial charge on any atom is 0.0350 e. The van der Waals surface area contributed by atoms with Crippen LogP contribution in [0.5, 0.6) is 0 Å². The quantitative estimate of drug-likeness (QED) is 0.352. The maximum absolute atomic E-state index is 4.22. The zero-order valence-corrected chi connectivity index (χ0v) is 17.8. The minimum absolute atomic E-state index is 0.503. The number of rotatable bonds is 8. The molecule has 0 saturated heterocycles. The molecule has 1 aliphatic carbocycles. The van der Waals surface area contributed by atoms with Gasteiger partial charge in [-0.25, -0.2) is 0 Å². The molecule has 0 aliphatic heterocycles. The smallest absolute Gasteiger partial charge is 0.0350 e. The van der Waals surface area contributed by atoms with E-state index in [0.717, 1.165) is 19.4 Å². The third-order valence-corrected chi connectivity index (χ3v) is 5.04. The first kappa shape index (κ1) is 22.4. The lowest BCUT2D eigenvalue weighted by Crippen LogP contribution is -2.37. The van der Waals surface area contributed by atoms with Gasteiger partial charge in [0.15, 0.2) is 0 Å². The Morgan fingerprint density at radius 3 is 2.65 bits per heavy atom. The summed E-state index contributed by atoms with van der Waals surface area (Å²) in [6.45, 7) is 11.8. The second-order valence-electron chi connectivity index (χ2n) is 7.00. The van der Waals surface area contributed by atoms with E-state index in [9.17, 15) is 0 Å². The van der Waals surface area contributed by atoms with E-state index < -0.39 is 0 Å². The summed E-state index contributed by atoms with van der Waals surface area (Å²) in [5, 5.41) is 0. The fourth-order valence-electron chi connectivity index (χ4n) is 3.62. The molecule has 0 aromatic rings. The van der Waals surface area contributed by atoms with Crippen LogP contribution in [0.4, 0.5) is 0 Å². The van der Waals surface area contributed by atoms with E-state index in [0.29, 0.717) is 6.04 Å². The monoisotopic (exact) mass is 354 g/mol. The van der Waals surface area contributed by atoms with Gasteiger partial charge in [-0.15, -0.1) is 0 Å². The molecular formula is C24H38N2. The Bertz CT molecular complexity index is 600. The molecule has 2 heteroatoms. The normalized spacial score (nSPS) is 23.3. The van der Waals surface area contributed by atoms with Gasteiger partial charge in [0.25, 0.3) is 0 Å². The molecule has 2 nitrogen and oxygen atoms in total. The largest absolute Gasteiger partial charge is 0.295 e. The van der Waals surface area contributed by atoms with E-state index in [1.165, 1.54) is 36.0 Å². The third-order valence-electron chi connectivity index (χ3n) is 5.04. The van der Waals surface area contributed by atoms with Crippen molar-refractivity contribution in [3.8, 4) is 0 Å². The van der Waals surface area contributed by atoms with E-state index in [1.807, 2.05) is 19.3 Å². The third kappa shape index (κ3) is 6.92. The molecular weight excluding hydrogens is 316 g/mol. The highest BCUT2D eigenvalue weighted by Crippen LogP contribution is 2.35. The van der Waals surface area contributed by atoms with Gasteiger partial charge in [-0.3, -0.25) is 9.89 Å². The van der Waals surface area contributed by atoms with Gasteiger partial charge in [-0.2, -0.15) is 0 Å². The molecule has 0 spiro atoms. The standard InChI is InChI=1S/C24H38N2/c1-7-11-14-22-15-12-16-23(24(22)20(5)9-3)26(6)19-21(13-8-2)17-18-25-10-4/h7,10-11,13-14,17-18,23H,8-9,12,15-16,19H2,1-6H3/b11-7-,18-17-,21-13-,22-14-,24-20-,25-10?. The predicted molar refractivity (Wildman–Crippen MR) is 118 cm³/mol. The van der Waals surface area contributed by atoms with Crippen molar-refractivity contribution in [1.29, 1.82) is 0 Å². The lowest BCUT2D eigenvalue weighted by molar-refractivity contribution is 0.268. The van der Waals surface area contributed by atoms with E-state index >= 15 is 0 Å². The van der Waals surface area contributed by atoms with Gasteiger partial charge in [0.1, 0.15) is 0 Å². The number of likely N-dealkylation sites (N-methyl/N-ethyl adjacent to an activating group) is 1. The highest BCUT2D eigenvalue weighted by atomic mass is 15.1. The topological polar surface area (TPSA) is 15.6 Å². The average Bonchev–Trinajstić information content (AvgIpc) is 2.65. The number of hydrogen-bond acceptors (Lipinski definition) is 2. The van der Waals surface area contributed by atoms with Crippen molar-refractivity contribution in [3.63, 3.8) is 0 Å².